The van der Waals surface area contributed by atoms with E-state index in [4.69, 9.17) is 4.74 Å². The van der Waals surface area contributed by atoms with E-state index in [0.29, 0.717) is 5.88 Å². The van der Waals surface area contributed by atoms with E-state index in [1.807, 2.05) is 6.07 Å². The van der Waals surface area contributed by atoms with Gasteiger partial charge in [-0.15, -0.1) is 0 Å². The molecule has 0 aromatic carbocycles. The van der Waals surface area contributed by atoms with Crippen LogP contribution in [-0.2, 0) is 5.33 Å². The van der Waals surface area contributed by atoms with E-state index in [1.165, 1.54) is 0 Å². The molecule has 0 unspecified atom stereocenters. The number of alkyl halides is 2. The Morgan fingerprint density at radius 3 is 2.83 bits per heavy atom. The first-order valence-corrected chi connectivity index (χ1v) is 4.68. The van der Waals surface area contributed by atoms with E-state index >= 15 is 0 Å². The lowest BCUT2D eigenvalue weighted by atomic mass is 10.3. The first-order valence-electron chi connectivity index (χ1n) is 3.56. The minimum absolute atomic E-state index is 0.0701. The molecule has 0 fully saturated rings. The normalized spacial score (nSPS) is 9.83. The number of pyridine rings is 1. The highest BCUT2D eigenvalue weighted by Crippen LogP contribution is 2.09. The van der Waals surface area contributed by atoms with Crippen molar-refractivity contribution < 1.29 is 9.13 Å². The Balaban J connectivity index is 2.53. The van der Waals surface area contributed by atoms with E-state index in [-0.39, 0.29) is 6.61 Å². The summed E-state index contributed by atoms with van der Waals surface area (Å²) in [6.45, 7) is -0.414. The zero-order valence-electron chi connectivity index (χ0n) is 6.46. The van der Waals surface area contributed by atoms with E-state index in [2.05, 4.69) is 20.9 Å². The molecule has 2 nitrogen and oxygen atoms in total. The Labute approximate surface area is 78.9 Å². The van der Waals surface area contributed by atoms with Gasteiger partial charge < -0.3 is 4.74 Å². The minimum atomic E-state index is -0.484. The fraction of sp³-hybridized carbons (Fsp3) is 0.375. The molecule has 1 aromatic heterocycles. The van der Waals surface area contributed by atoms with Gasteiger partial charge in [0.15, 0.2) is 0 Å². The summed E-state index contributed by atoms with van der Waals surface area (Å²) in [5, 5.41) is 0.767. The van der Waals surface area contributed by atoms with Crippen LogP contribution in [0.5, 0.6) is 5.88 Å². The van der Waals surface area contributed by atoms with E-state index in [0.717, 1.165) is 10.9 Å². The lowest BCUT2D eigenvalue weighted by Gasteiger charge is -2.01. The fourth-order valence-electron chi connectivity index (χ4n) is 0.718. The summed E-state index contributed by atoms with van der Waals surface area (Å²) in [7, 11) is 0. The average molecular weight is 234 g/mol. The molecule has 1 rings (SSSR count). The predicted octanol–water partition coefficient (Wildman–Crippen LogP) is 2.32. The molecule has 0 aliphatic rings. The van der Waals surface area contributed by atoms with Crippen LogP contribution in [-0.4, -0.2) is 18.3 Å². The fourth-order valence-corrected chi connectivity index (χ4v) is 1.05. The van der Waals surface area contributed by atoms with Crippen LogP contribution in [0.4, 0.5) is 4.39 Å². The molecule has 0 saturated heterocycles. The largest absolute Gasteiger partial charge is 0.475 e. The second-order valence-corrected chi connectivity index (χ2v) is 2.74. The number of rotatable bonds is 4. The molecule has 0 spiro atoms. The van der Waals surface area contributed by atoms with Crippen molar-refractivity contribution in [3.05, 3.63) is 23.9 Å². The molecule has 0 radical (unpaired) electrons. The standard InChI is InChI=1S/C8H9BrFNO/c9-5-7-1-2-8(11-6-7)12-4-3-10/h1-2,6H,3-5H2. The van der Waals surface area contributed by atoms with E-state index in [1.54, 1.807) is 12.3 Å². The SMILES string of the molecule is FCCOc1ccc(CBr)cn1. The van der Waals surface area contributed by atoms with Gasteiger partial charge in [-0.1, -0.05) is 22.0 Å². The monoisotopic (exact) mass is 233 g/mol. The van der Waals surface area contributed by atoms with Crippen molar-refractivity contribution in [1.29, 1.82) is 0 Å². The Hall–Kier alpha value is -0.640. The van der Waals surface area contributed by atoms with Gasteiger partial charge >= 0.3 is 0 Å². The van der Waals surface area contributed by atoms with Crippen LogP contribution in [0.15, 0.2) is 18.3 Å². The van der Waals surface area contributed by atoms with Gasteiger partial charge in [-0.3, -0.25) is 0 Å². The maximum atomic E-state index is 11.7. The Morgan fingerprint density at radius 1 is 1.50 bits per heavy atom. The molecule has 4 heteroatoms. The summed E-state index contributed by atoms with van der Waals surface area (Å²) >= 11 is 3.29. The lowest BCUT2D eigenvalue weighted by molar-refractivity contribution is 0.264. The van der Waals surface area contributed by atoms with Crippen molar-refractivity contribution in [2.45, 2.75) is 5.33 Å². The summed E-state index contributed by atoms with van der Waals surface area (Å²) in [6, 6.07) is 3.61. The quantitative estimate of drug-likeness (QED) is 0.746. The first kappa shape index (κ1) is 9.45. The molecule has 1 heterocycles. The Bertz CT molecular complexity index is 227. The predicted molar refractivity (Wildman–Crippen MR) is 48.3 cm³/mol. The van der Waals surface area contributed by atoms with Gasteiger partial charge in [0.05, 0.1) is 0 Å². The maximum Gasteiger partial charge on any atom is 0.213 e. The Morgan fingerprint density at radius 2 is 2.33 bits per heavy atom. The smallest absolute Gasteiger partial charge is 0.213 e. The zero-order chi connectivity index (χ0) is 8.81. The maximum absolute atomic E-state index is 11.7. The zero-order valence-corrected chi connectivity index (χ0v) is 8.05. The highest BCUT2D eigenvalue weighted by atomic mass is 79.9. The second kappa shape index (κ2) is 5.09. The van der Waals surface area contributed by atoms with Crippen LogP contribution in [0.3, 0.4) is 0 Å². The van der Waals surface area contributed by atoms with Gasteiger partial charge in [0.25, 0.3) is 0 Å². The van der Waals surface area contributed by atoms with Crippen molar-refractivity contribution in [2.24, 2.45) is 0 Å². The number of hydrogen-bond acceptors (Lipinski definition) is 2. The van der Waals surface area contributed by atoms with E-state index < -0.39 is 6.67 Å². The van der Waals surface area contributed by atoms with Crippen LogP contribution < -0.4 is 4.74 Å². The number of hydrogen-bond donors (Lipinski definition) is 0. The van der Waals surface area contributed by atoms with Crippen molar-refractivity contribution in [3.8, 4) is 5.88 Å². The second-order valence-electron chi connectivity index (χ2n) is 2.18. The molecule has 0 saturated carbocycles. The minimum Gasteiger partial charge on any atom is -0.475 e. The van der Waals surface area contributed by atoms with Crippen LogP contribution in [0.2, 0.25) is 0 Å². The van der Waals surface area contributed by atoms with Crippen LogP contribution in [0.1, 0.15) is 5.56 Å². The molecule has 0 atom stereocenters. The summed E-state index contributed by atoms with van der Waals surface area (Å²) in [4.78, 5) is 3.97. The third kappa shape index (κ3) is 2.77. The molecular formula is C8H9BrFNO. The number of ether oxygens (including phenoxy) is 1. The molecule has 0 N–H and O–H groups in total. The van der Waals surface area contributed by atoms with Crippen molar-refractivity contribution in [1.82, 2.24) is 4.98 Å². The van der Waals surface area contributed by atoms with Crippen molar-refractivity contribution in [3.63, 3.8) is 0 Å². The number of aromatic nitrogens is 1. The Kier molecular flexibility index (Phi) is 4.00. The average Bonchev–Trinajstić information content (AvgIpc) is 2.15. The molecule has 0 aliphatic heterocycles. The highest BCUT2D eigenvalue weighted by Gasteiger charge is 1.94. The van der Waals surface area contributed by atoms with Crippen LogP contribution in [0, 0.1) is 0 Å². The summed E-state index contributed by atoms with van der Waals surface area (Å²) in [5.74, 6) is 0.470. The summed E-state index contributed by atoms with van der Waals surface area (Å²) < 4.78 is 16.6. The third-order valence-electron chi connectivity index (χ3n) is 1.28. The molecule has 0 bridgehead atoms. The molecular weight excluding hydrogens is 225 g/mol. The number of nitrogens with zero attached hydrogens (tertiary/aromatic N) is 1. The van der Waals surface area contributed by atoms with E-state index in [9.17, 15) is 4.39 Å². The molecule has 66 valence electrons. The van der Waals surface area contributed by atoms with Gasteiger partial charge in [-0.25, -0.2) is 9.37 Å². The first-order chi connectivity index (χ1) is 5.86. The van der Waals surface area contributed by atoms with Gasteiger partial charge in [-0.05, 0) is 5.56 Å². The molecule has 12 heavy (non-hydrogen) atoms. The van der Waals surface area contributed by atoms with Crippen LogP contribution >= 0.6 is 15.9 Å². The third-order valence-corrected chi connectivity index (χ3v) is 1.93. The molecule has 1 aromatic rings. The van der Waals surface area contributed by atoms with Gasteiger partial charge in [0.1, 0.15) is 13.3 Å². The van der Waals surface area contributed by atoms with Crippen molar-refractivity contribution in [2.75, 3.05) is 13.3 Å². The number of halogens is 2. The van der Waals surface area contributed by atoms with Crippen molar-refractivity contribution >= 4 is 15.9 Å². The summed E-state index contributed by atoms with van der Waals surface area (Å²) in [5.41, 5.74) is 1.07. The lowest BCUT2D eigenvalue weighted by Crippen LogP contribution is -2.00. The summed E-state index contributed by atoms with van der Waals surface area (Å²) in [6.07, 6.45) is 1.70. The van der Waals surface area contributed by atoms with Crippen LogP contribution in [0.25, 0.3) is 0 Å². The van der Waals surface area contributed by atoms with Gasteiger partial charge in [0, 0.05) is 17.6 Å². The topological polar surface area (TPSA) is 22.1 Å². The highest BCUT2D eigenvalue weighted by molar-refractivity contribution is 9.08. The van der Waals surface area contributed by atoms with Gasteiger partial charge in [0.2, 0.25) is 5.88 Å². The van der Waals surface area contributed by atoms with Gasteiger partial charge in [-0.2, -0.15) is 0 Å². The molecule has 0 amide bonds. The molecule has 0 aliphatic carbocycles.